The van der Waals surface area contributed by atoms with Crippen LogP contribution in [0.1, 0.15) is 36.4 Å². The number of fused-ring (bicyclic) bond motifs is 1. The second-order valence-electron chi connectivity index (χ2n) is 9.85. The highest BCUT2D eigenvalue weighted by Crippen LogP contribution is 2.48. The number of rotatable bonds is 9. The van der Waals surface area contributed by atoms with E-state index < -0.39 is 58.3 Å². The lowest BCUT2D eigenvalue weighted by atomic mass is 9.91. The zero-order valence-electron chi connectivity index (χ0n) is 21.5. The Hall–Kier alpha value is -3.35. The Bertz CT molecular complexity index is 1240. The quantitative estimate of drug-likeness (QED) is 0.396. The van der Waals surface area contributed by atoms with Gasteiger partial charge < -0.3 is 20.1 Å². The number of alkyl halides is 3. The number of anilines is 1. The van der Waals surface area contributed by atoms with Gasteiger partial charge in [0.25, 0.3) is 5.91 Å². The van der Waals surface area contributed by atoms with Crippen molar-refractivity contribution in [2.45, 2.75) is 42.8 Å². The monoisotopic (exact) mass is 576 g/mol. The van der Waals surface area contributed by atoms with Crippen LogP contribution < -0.4 is 10.1 Å². The summed E-state index contributed by atoms with van der Waals surface area (Å²) in [5, 5.41) is 11.3. The van der Waals surface area contributed by atoms with E-state index >= 15 is 0 Å². The lowest BCUT2D eigenvalue weighted by molar-refractivity contribution is -0.153. The molecule has 39 heavy (non-hydrogen) atoms. The molecule has 0 aromatic heterocycles. The summed E-state index contributed by atoms with van der Waals surface area (Å²) >= 11 is 0. The van der Waals surface area contributed by atoms with Gasteiger partial charge >= 0.3 is 12.1 Å². The van der Waals surface area contributed by atoms with Crippen LogP contribution in [0.3, 0.4) is 0 Å². The molecular weight excluding hydrogens is 547 g/mol. The highest BCUT2D eigenvalue weighted by atomic mass is 32.3. The Labute approximate surface area is 223 Å². The molecule has 0 unspecified atom stereocenters. The first-order valence-corrected chi connectivity index (χ1v) is 14.7. The number of nitrogens with one attached hydrogen (secondary N) is 1. The van der Waals surface area contributed by atoms with E-state index in [0.717, 1.165) is 12.1 Å². The van der Waals surface area contributed by atoms with E-state index in [9.17, 15) is 36.3 Å². The molecule has 0 saturated heterocycles. The van der Waals surface area contributed by atoms with Crippen molar-refractivity contribution in [3.05, 3.63) is 53.1 Å². The first kappa shape index (κ1) is 30.2. The van der Waals surface area contributed by atoms with Crippen molar-refractivity contribution in [3.8, 4) is 5.75 Å². The van der Waals surface area contributed by atoms with Gasteiger partial charge in [-0.05, 0) is 67.0 Å². The van der Waals surface area contributed by atoms with Crippen molar-refractivity contribution in [1.82, 2.24) is 4.90 Å². The summed E-state index contributed by atoms with van der Waals surface area (Å²) in [6, 6.07) is 4.67. The van der Waals surface area contributed by atoms with Gasteiger partial charge in [-0.2, -0.15) is 13.2 Å². The third-order valence-electron chi connectivity index (χ3n) is 5.97. The standard InChI is InChI=1S/C26H29F5N2O5S/c1-39(2,3)24-19(27)12-16(13-20(24)28)32-25(37)23-18-8-7-17(38-14-26(29,30)31)11-15(18)9-10-33(23)21(34)5-4-6-22(35)36/h7-8,11-13,23H,4-6,9-10,14H2,1-3H3,(H,32,37)(H,35,36)/t23-/m1/s1. The molecule has 0 radical (unpaired) electrons. The molecule has 2 amide bonds. The molecule has 2 aromatic carbocycles. The van der Waals surface area contributed by atoms with Gasteiger partial charge in [-0.25, -0.2) is 18.8 Å². The number of nitrogens with zero attached hydrogens (tertiary/aromatic N) is 1. The summed E-state index contributed by atoms with van der Waals surface area (Å²) in [5.41, 5.74) is 0.604. The van der Waals surface area contributed by atoms with Gasteiger partial charge in [-0.3, -0.25) is 14.4 Å². The van der Waals surface area contributed by atoms with E-state index in [1.165, 1.54) is 23.1 Å². The van der Waals surface area contributed by atoms with Crippen LogP contribution in [0.5, 0.6) is 5.75 Å². The number of aliphatic carboxylic acids is 1. The molecule has 1 aliphatic rings. The number of amides is 2. The van der Waals surface area contributed by atoms with Crippen molar-refractivity contribution in [3.63, 3.8) is 0 Å². The molecule has 0 bridgehead atoms. The number of ether oxygens (including phenoxy) is 1. The molecule has 7 nitrogen and oxygen atoms in total. The summed E-state index contributed by atoms with van der Waals surface area (Å²) in [7, 11) is -1.76. The normalized spacial score (nSPS) is 15.9. The number of carbonyl (C=O) groups is 3. The maximum Gasteiger partial charge on any atom is 0.422 e. The summed E-state index contributed by atoms with van der Waals surface area (Å²) in [5.74, 6) is -4.12. The van der Waals surface area contributed by atoms with Crippen LogP contribution in [-0.2, 0) is 20.8 Å². The van der Waals surface area contributed by atoms with E-state index in [4.69, 9.17) is 9.84 Å². The highest BCUT2D eigenvalue weighted by molar-refractivity contribution is 8.32. The fourth-order valence-corrected chi connectivity index (χ4v) is 5.66. The summed E-state index contributed by atoms with van der Waals surface area (Å²) < 4.78 is 72.1. The van der Waals surface area contributed by atoms with Gasteiger partial charge in [0.2, 0.25) is 5.91 Å². The Morgan fingerprint density at radius 3 is 2.28 bits per heavy atom. The van der Waals surface area contributed by atoms with Crippen LogP contribution in [0.25, 0.3) is 0 Å². The van der Waals surface area contributed by atoms with Crippen molar-refractivity contribution in [1.29, 1.82) is 0 Å². The molecule has 1 aliphatic heterocycles. The minimum atomic E-state index is -4.55. The van der Waals surface area contributed by atoms with Gasteiger partial charge in [0.15, 0.2) is 6.61 Å². The minimum Gasteiger partial charge on any atom is -0.484 e. The Morgan fingerprint density at radius 2 is 1.72 bits per heavy atom. The number of hydrogen-bond acceptors (Lipinski definition) is 4. The van der Waals surface area contributed by atoms with Gasteiger partial charge in [0.05, 0.1) is 4.90 Å². The van der Waals surface area contributed by atoms with Crippen molar-refractivity contribution in [2.75, 3.05) is 37.2 Å². The number of carboxylic acid groups (broad SMARTS) is 1. The largest absolute Gasteiger partial charge is 0.484 e. The van der Waals surface area contributed by atoms with Crippen LogP contribution in [0.2, 0.25) is 0 Å². The molecule has 0 spiro atoms. The maximum atomic E-state index is 14.8. The predicted molar refractivity (Wildman–Crippen MR) is 136 cm³/mol. The summed E-state index contributed by atoms with van der Waals surface area (Å²) in [6.07, 6.45) is 0.400. The van der Waals surface area contributed by atoms with Gasteiger partial charge in [-0.15, -0.1) is 0 Å². The number of benzene rings is 2. The van der Waals surface area contributed by atoms with Crippen molar-refractivity contribution < 1.29 is 46.2 Å². The second kappa shape index (κ2) is 11.8. The third-order valence-corrected chi connectivity index (χ3v) is 7.59. The Balaban J connectivity index is 1.93. The topological polar surface area (TPSA) is 95.9 Å². The molecule has 13 heteroatoms. The lowest BCUT2D eigenvalue weighted by Gasteiger charge is -2.36. The average molecular weight is 577 g/mol. The van der Waals surface area contributed by atoms with Crippen molar-refractivity contribution in [2.24, 2.45) is 0 Å². The Morgan fingerprint density at radius 1 is 1.08 bits per heavy atom. The second-order valence-corrected chi connectivity index (χ2v) is 13.9. The fraction of sp³-hybridized carbons (Fsp3) is 0.423. The van der Waals surface area contributed by atoms with E-state index in [1.54, 1.807) is 18.8 Å². The summed E-state index contributed by atoms with van der Waals surface area (Å²) in [4.78, 5) is 38.4. The van der Waals surface area contributed by atoms with E-state index in [2.05, 4.69) is 5.32 Å². The van der Waals surface area contributed by atoms with E-state index in [0.29, 0.717) is 11.1 Å². The molecule has 2 N–H and O–H groups in total. The maximum absolute atomic E-state index is 14.8. The molecule has 1 heterocycles. The van der Waals surface area contributed by atoms with Crippen LogP contribution >= 0.6 is 10.0 Å². The number of carbonyl (C=O) groups excluding carboxylic acids is 2. The predicted octanol–water partition coefficient (Wildman–Crippen LogP) is 5.28. The van der Waals surface area contributed by atoms with Crippen molar-refractivity contribution >= 4 is 33.5 Å². The molecule has 2 aromatic rings. The molecular formula is C26H29F5N2O5S. The molecule has 0 aliphatic carbocycles. The van der Waals surface area contributed by atoms with E-state index in [-0.39, 0.29) is 48.6 Å². The first-order valence-electron chi connectivity index (χ1n) is 11.9. The smallest absolute Gasteiger partial charge is 0.422 e. The average Bonchev–Trinajstić information content (AvgIpc) is 2.79. The first-order chi connectivity index (χ1) is 18.1. The number of carboxylic acids is 1. The highest BCUT2D eigenvalue weighted by Gasteiger charge is 2.37. The van der Waals surface area contributed by atoms with Crippen LogP contribution in [-0.4, -0.2) is 65.9 Å². The Kier molecular flexibility index (Phi) is 9.14. The zero-order valence-corrected chi connectivity index (χ0v) is 22.3. The number of halogens is 5. The minimum absolute atomic E-state index is 0.00869. The molecule has 3 rings (SSSR count). The van der Waals surface area contributed by atoms with Crippen LogP contribution in [0.4, 0.5) is 27.6 Å². The molecule has 1 atom stereocenters. The van der Waals surface area contributed by atoms with E-state index in [1.807, 2.05) is 0 Å². The van der Waals surface area contributed by atoms with Crippen LogP contribution in [0.15, 0.2) is 35.2 Å². The number of hydrogen-bond donors (Lipinski definition) is 2. The fourth-order valence-electron chi connectivity index (χ4n) is 4.37. The molecule has 0 fully saturated rings. The van der Waals surface area contributed by atoms with Crippen LogP contribution in [0, 0.1) is 11.6 Å². The molecule has 214 valence electrons. The van der Waals surface area contributed by atoms with Gasteiger partial charge in [0.1, 0.15) is 23.4 Å². The zero-order chi connectivity index (χ0) is 29.1. The van der Waals surface area contributed by atoms with Gasteiger partial charge in [0, 0.05) is 25.1 Å². The SMILES string of the molecule is CS(C)(C)c1c(F)cc(NC(=O)[C@H]2c3ccc(OCC(F)(F)F)cc3CCN2C(=O)CCCC(=O)O)cc1F. The lowest BCUT2D eigenvalue weighted by Crippen LogP contribution is -2.45. The van der Waals surface area contributed by atoms with Gasteiger partial charge in [-0.1, -0.05) is 6.07 Å². The summed E-state index contributed by atoms with van der Waals surface area (Å²) in [6.45, 7) is -1.50. The third kappa shape index (κ3) is 7.84. The molecule has 0 saturated carbocycles.